The molecule has 0 saturated carbocycles. The third kappa shape index (κ3) is 3.51. The van der Waals surface area contributed by atoms with Crippen LogP contribution in [0.5, 0.6) is 0 Å². The number of fused-ring (bicyclic) bond motifs is 1. The minimum atomic E-state index is -0.0937. The van der Waals surface area contributed by atoms with Crippen molar-refractivity contribution in [1.29, 1.82) is 5.26 Å². The van der Waals surface area contributed by atoms with Gasteiger partial charge < -0.3 is 15.2 Å². The second-order valence-electron chi connectivity index (χ2n) is 6.69. The van der Waals surface area contributed by atoms with E-state index in [0.29, 0.717) is 6.54 Å². The maximum absolute atomic E-state index is 12.1. The van der Waals surface area contributed by atoms with Crippen molar-refractivity contribution >= 4 is 34.0 Å². The van der Waals surface area contributed by atoms with Crippen LogP contribution in [0.15, 0.2) is 24.7 Å². The lowest BCUT2D eigenvalue weighted by atomic mass is 10.0. The van der Waals surface area contributed by atoms with Crippen LogP contribution in [0.1, 0.15) is 24.3 Å². The van der Waals surface area contributed by atoms with Crippen molar-refractivity contribution in [2.45, 2.75) is 32.2 Å². The Morgan fingerprint density at radius 2 is 2.37 bits per heavy atom. The van der Waals surface area contributed by atoms with Crippen LogP contribution < -0.4 is 5.32 Å². The molecule has 138 valence electrons. The van der Waals surface area contributed by atoms with Crippen LogP contribution >= 0.6 is 11.3 Å². The number of nitrogens with zero attached hydrogens (tertiary/aromatic N) is 4. The number of likely N-dealkylation sites (tertiary alicyclic amines) is 1. The van der Waals surface area contributed by atoms with Crippen LogP contribution in [0.25, 0.3) is 21.5 Å². The Labute approximate surface area is 161 Å². The number of rotatable bonds is 4. The van der Waals surface area contributed by atoms with Gasteiger partial charge in [-0.25, -0.2) is 9.97 Å². The summed E-state index contributed by atoms with van der Waals surface area (Å²) in [5.41, 5.74) is 2.87. The third-order valence-electron chi connectivity index (χ3n) is 4.83. The first-order valence-electron chi connectivity index (χ1n) is 8.96. The summed E-state index contributed by atoms with van der Waals surface area (Å²) in [6.07, 6.45) is 7.47. The minimum Gasteiger partial charge on any atom is -0.379 e. The van der Waals surface area contributed by atoms with E-state index in [1.807, 2.05) is 37.6 Å². The van der Waals surface area contributed by atoms with Crippen LogP contribution in [-0.4, -0.2) is 44.9 Å². The highest BCUT2D eigenvalue weighted by molar-refractivity contribution is 7.15. The molecule has 1 amide bonds. The molecule has 7 nitrogen and oxygen atoms in total. The maximum Gasteiger partial charge on any atom is 0.236 e. The summed E-state index contributed by atoms with van der Waals surface area (Å²) >= 11 is 1.64. The fourth-order valence-corrected chi connectivity index (χ4v) is 4.33. The molecule has 4 heterocycles. The molecule has 27 heavy (non-hydrogen) atoms. The molecule has 1 aliphatic rings. The molecule has 4 rings (SSSR count). The first-order chi connectivity index (χ1) is 13.2. The maximum atomic E-state index is 12.1. The Morgan fingerprint density at radius 1 is 1.48 bits per heavy atom. The van der Waals surface area contributed by atoms with Crippen molar-refractivity contribution in [1.82, 2.24) is 19.9 Å². The van der Waals surface area contributed by atoms with E-state index >= 15 is 0 Å². The first-order valence-corrected chi connectivity index (χ1v) is 9.77. The Hall–Kier alpha value is -2.92. The predicted octanol–water partition coefficient (Wildman–Crippen LogP) is 3.31. The fourth-order valence-electron chi connectivity index (χ4n) is 3.54. The van der Waals surface area contributed by atoms with Gasteiger partial charge in [0.15, 0.2) is 0 Å². The van der Waals surface area contributed by atoms with Crippen molar-refractivity contribution in [2.75, 3.05) is 18.4 Å². The number of nitrogens with one attached hydrogen (secondary N) is 2. The Bertz CT molecular complexity index is 1020. The van der Waals surface area contributed by atoms with Gasteiger partial charge in [-0.05, 0) is 25.8 Å². The summed E-state index contributed by atoms with van der Waals surface area (Å²) in [6, 6.07) is 4.10. The topological polar surface area (TPSA) is 97.7 Å². The van der Waals surface area contributed by atoms with Gasteiger partial charge in [0.2, 0.25) is 5.91 Å². The summed E-state index contributed by atoms with van der Waals surface area (Å²) < 4.78 is 0. The normalized spacial score (nSPS) is 17.0. The van der Waals surface area contributed by atoms with Crippen molar-refractivity contribution in [2.24, 2.45) is 0 Å². The molecule has 3 aromatic rings. The Kier molecular flexibility index (Phi) is 4.77. The lowest BCUT2D eigenvalue weighted by Gasteiger charge is -2.33. The van der Waals surface area contributed by atoms with Crippen LogP contribution in [-0.2, 0) is 4.79 Å². The average molecular weight is 380 g/mol. The average Bonchev–Trinajstić information content (AvgIpc) is 3.31. The molecule has 8 heteroatoms. The number of amides is 1. The number of anilines is 1. The monoisotopic (exact) mass is 380 g/mol. The van der Waals surface area contributed by atoms with E-state index in [0.717, 1.165) is 51.6 Å². The number of nitriles is 1. The van der Waals surface area contributed by atoms with Crippen LogP contribution in [0.2, 0.25) is 0 Å². The quantitative estimate of drug-likeness (QED) is 0.724. The number of carbonyl (C=O) groups excluding carboxylic acids is 1. The highest BCUT2D eigenvalue weighted by Crippen LogP contribution is 2.37. The molecule has 0 spiro atoms. The molecule has 1 unspecified atom stereocenters. The molecule has 1 saturated heterocycles. The molecule has 3 aromatic heterocycles. The zero-order valence-electron chi connectivity index (χ0n) is 15.0. The highest BCUT2D eigenvalue weighted by Gasteiger charge is 2.25. The van der Waals surface area contributed by atoms with Gasteiger partial charge in [-0.3, -0.25) is 4.79 Å². The minimum absolute atomic E-state index is 0.0601. The number of piperidine rings is 1. The summed E-state index contributed by atoms with van der Waals surface area (Å²) in [6.45, 7) is 3.31. The van der Waals surface area contributed by atoms with E-state index in [-0.39, 0.29) is 18.4 Å². The SMILES string of the molecule is Cc1ncc(-c2cnc3[nH]ccc3c2NC2CCCN(C(=O)CC#N)C2)s1. The summed E-state index contributed by atoms with van der Waals surface area (Å²) in [5.74, 6) is -0.0937. The fraction of sp³-hybridized carbons (Fsp3) is 0.368. The third-order valence-corrected chi connectivity index (χ3v) is 5.77. The van der Waals surface area contributed by atoms with Gasteiger partial charge in [0.25, 0.3) is 0 Å². The molecular formula is C19H20N6OS. The van der Waals surface area contributed by atoms with Gasteiger partial charge in [-0.15, -0.1) is 11.3 Å². The van der Waals surface area contributed by atoms with Crippen molar-refractivity contribution in [3.8, 4) is 16.5 Å². The number of aryl methyl sites for hydroxylation is 1. The van der Waals surface area contributed by atoms with E-state index in [1.165, 1.54) is 0 Å². The van der Waals surface area contributed by atoms with Crippen molar-refractivity contribution < 1.29 is 4.79 Å². The van der Waals surface area contributed by atoms with E-state index < -0.39 is 0 Å². The molecule has 1 aliphatic heterocycles. The zero-order chi connectivity index (χ0) is 18.8. The van der Waals surface area contributed by atoms with Crippen LogP contribution in [0, 0.1) is 18.3 Å². The number of aromatic amines is 1. The zero-order valence-corrected chi connectivity index (χ0v) is 15.8. The first kappa shape index (κ1) is 17.5. The van der Waals surface area contributed by atoms with Crippen molar-refractivity contribution in [3.63, 3.8) is 0 Å². The van der Waals surface area contributed by atoms with E-state index in [4.69, 9.17) is 5.26 Å². The molecule has 0 radical (unpaired) electrons. The van der Waals surface area contributed by atoms with Gasteiger partial charge in [-0.2, -0.15) is 5.26 Å². The van der Waals surface area contributed by atoms with E-state index in [1.54, 1.807) is 16.2 Å². The van der Waals surface area contributed by atoms with E-state index in [2.05, 4.69) is 20.3 Å². The van der Waals surface area contributed by atoms with Crippen LogP contribution in [0.4, 0.5) is 5.69 Å². The molecule has 0 aliphatic carbocycles. The number of thiazole rings is 1. The standard InChI is InChI=1S/C19H20N6OS/c1-12-22-10-16(27-12)15-9-23-19-14(5-7-21-19)18(15)24-13-3-2-8-25(11-13)17(26)4-6-20/h5,7,9-10,13H,2-4,8,11H2,1H3,(H2,21,23,24). The summed E-state index contributed by atoms with van der Waals surface area (Å²) in [4.78, 5) is 27.0. The number of hydrogen-bond donors (Lipinski definition) is 2. The lowest BCUT2D eigenvalue weighted by Crippen LogP contribution is -2.45. The lowest BCUT2D eigenvalue weighted by molar-refractivity contribution is -0.131. The van der Waals surface area contributed by atoms with Gasteiger partial charge in [-0.1, -0.05) is 0 Å². The van der Waals surface area contributed by atoms with Gasteiger partial charge >= 0.3 is 0 Å². The molecule has 0 bridgehead atoms. The number of hydrogen-bond acceptors (Lipinski definition) is 6. The van der Waals surface area contributed by atoms with Gasteiger partial charge in [0, 0.05) is 48.7 Å². The number of carbonyl (C=O) groups is 1. The van der Waals surface area contributed by atoms with Crippen molar-refractivity contribution in [3.05, 3.63) is 29.7 Å². The summed E-state index contributed by atoms with van der Waals surface area (Å²) in [5, 5.41) is 14.5. The van der Waals surface area contributed by atoms with Crippen LogP contribution in [0.3, 0.4) is 0 Å². The van der Waals surface area contributed by atoms with E-state index in [9.17, 15) is 4.79 Å². The van der Waals surface area contributed by atoms with Gasteiger partial charge in [0.05, 0.1) is 21.6 Å². The highest BCUT2D eigenvalue weighted by atomic mass is 32.1. The Morgan fingerprint density at radius 3 is 3.15 bits per heavy atom. The molecule has 2 N–H and O–H groups in total. The summed E-state index contributed by atoms with van der Waals surface area (Å²) in [7, 11) is 0. The van der Waals surface area contributed by atoms with Gasteiger partial charge in [0.1, 0.15) is 12.1 Å². The Balaban J connectivity index is 1.65. The number of aromatic nitrogens is 3. The number of pyridine rings is 1. The second-order valence-corrected chi connectivity index (χ2v) is 7.92. The molecule has 1 atom stereocenters. The molecular weight excluding hydrogens is 360 g/mol. The number of H-pyrrole nitrogens is 1. The second kappa shape index (κ2) is 7.37. The predicted molar refractivity (Wildman–Crippen MR) is 105 cm³/mol. The molecule has 1 fully saturated rings. The largest absolute Gasteiger partial charge is 0.379 e. The smallest absolute Gasteiger partial charge is 0.236 e. The molecule has 0 aromatic carbocycles.